The van der Waals surface area contributed by atoms with Crippen molar-refractivity contribution in [2.75, 3.05) is 5.32 Å². The lowest BCUT2D eigenvalue weighted by molar-refractivity contribution is -0.116. The van der Waals surface area contributed by atoms with Crippen molar-refractivity contribution < 1.29 is 9.18 Å². The molecule has 124 valence electrons. The highest BCUT2D eigenvalue weighted by atomic mass is 32.1. The molecule has 0 saturated heterocycles. The summed E-state index contributed by atoms with van der Waals surface area (Å²) in [7, 11) is 0. The molecule has 0 bridgehead atoms. The van der Waals surface area contributed by atoms with E-state index in [1.165, 1.54) is 23.5 Å². The molecule has 1 amide bonds. The van der Waals surface area contributed by atoms with Crippen LogP contribution in [-0.4, -0.2) is 20.4 Å². The van der Waals surface area contributed by atoms with Crippen LogP contribution in [0, 0.1) is 12.7 Å². The topological polar surface area (TPSA) is 59.8 Å². The molecule has 5 nitrogen and oxygen atoms in total. The van der Waals surface area contributed by atoms with E-state index in [4.69, 9.17) is 0 Å². The zero-order valence-electron chi connectivity index (χ0n) is 13.2. The summed E-state index contributed by atoms with van der Waals surface area (Å²) in [6.45, 7) is 2.69. The molecule has 3 aromatic rings. The summed E-state index contributed by atoms with van der Waals surface area (Å²) in [5, 5.41) is 3.40. The van der Waals surface area contributed by atoms with E-state index in [1.54, 1.807) is 24.7 Å². The number of nitrogens with one attached hydrogen (secondary N) is 1. The van der Waals surface area contributed by atoms with Gasteiger partial charge in [-0.15, -0.1) is 11.3 Å². The summed E-state index contributed by atoms with van der Waals surface area (Å²) in [6, 6.07) is 6.19. The number of hydrogen-bond acceptors (Lipinski definition) is 4. The summed E-state index contributed by atoms with van der Waals surface area (Å²) in [6.07, 6.45) is 6.48. The lowest BCUT2D eigenvalue weighted by atomic mass is 10.1. The molecule has 1 N–H and O–H groups in total. The van der Waals surface area contributed by atoms with Gasteiger partial charge in [0.2, 0.25) is 5.91 Å². The predicted octanol–water partition coefficient (Wildman–Crippen LogP) is 3.87. The van der Waals surface area contributed by atoms with E-state index < -0.39 is 0 Å². The SMILES string of the molecule is Cc1sc(NC(=O)CCCn2ccnc2)nc1-c1ccc(F)cc1. The number of hydrogen-bond donors (Lipinski definition) is 1. The van der Waals surface area contributed by atoms with Crippen molar-refractivity contribution >= 4 is 22.4 Å². The van der Waals surface area contributed by atoms with Crippen LogP contribution < -0.4 is 5.32 Å². The summed E-state index contributed by atoms with van der Waals surface area (Å²) in [5.41, 5.74) is 1.61. The number of imidazole rings is 1. The largest absolute Gasteiger partial charge is 0.337 e. The highest BCUT2D eigenvalue weighted by Crippen LogP contribution is 2.30. The molecule has 3 rings (SSSR count). The zero-order chi connectivity index (χ0) is 16.9. The average molecular weight is 344 g/mol. The van der Waals surface area contributed by atoms with Crippen LogP contribution in [0.3, 0.4) is 0 Å². The molecule has 2 heterocycles. The van der Waals surface area contributed by atoms with Crippen molar-refractivity contribution in [3.05, 3.63) is 53.7 Å². The van der Waals surface area contributed by atoms with E-state index in [0.717, 1.165) is 29.1 Å². The Morgan fingerprint density at radius 1 is 1.33 bits per heavy atom. The second kappa shape index (κ2) is 7.35. The van der Waals surface area contributed by atoms with Gasteiger partial charge in [0.25, 0.3) is 0 Å². The van der Waals surface area contributed by atoms with Crippen molar-refractivity contribution in [1.29, 1.82) is 0 Å². The normalized spacial score (nSPS) is 10.8. The molecular formula is C17H17FN4OS. The fourth-order valence-electron chi connectivity index (χ4n) is 2.35. The van der Waals surface area contributed by atoms with Crippen molar-refractivity contribution in [1.82, 2.24) is 14.5 Å². The maximum Gasteiger partial charge on any atom is 0.226 e. The molecule has 0 atom stereocenters. The van der Waals surface area contributed by atoms with Gasteiger partial charge in [0.1, 0.15) is 5.82 Å². The van der Waals surface area contributed by atoms with Gasteiger partial charge in [-0.25, -0.2) is 14.4 Å². The lowest BCUT2D eigenvalue weighted by Crippen LogP contribution is -2.12. The Kier molecular flexibility index (Phi) is 5.00. The monoisotopic (exact) mass is 344 g/mol. The predicted molar refractivity (Wildman–Crippen MR) is 92.3 cm³/mol. The van der Waals surface area contributed by atoms with Crippen LogP contribution in [0.25, 0.3) is 11.3 Å². The molecule has 0 spiro atoms. The first-order chi connectivity index (χ1) is 11.6. The van der Waals surface area contributed by atoms with Crippen LogP contribution in [0.15, 0.2) is 43.0 Å². The van der Waals surface area contributed by atoms with Crippen molar-refractivity contribution in [2.45, 2.75) is 26.3 Å². The summed E-state index contributed by atoms with van der Waals surface area (Å²) in [4.78, 5) is 21.4. The van der Waals surface area contributed by atoms with Gasteiger partial charge in [0.05, 0.1) is 12.0 Å². The number of rotatable bonds is 6. The first kappa shape index (κ1) is 16.3. The second-order valence-electron chi connectivity index (χ2n) is 5.38. The third-order valence-corrected chi connectivity index (χ3v) is 4.43. The quantitative estimate of drug-likeness (QED) is 0.738. The van der Waals surface area contributed by atoms with Crippen molar-refractivity contribution in [3.63, 3.8) is 0 Å². The number of benzene rings is 1. The van der Waals surface area contributed by atoms with Gasteiger partial charge < -0.3 is 9.88 Å². The molecule has 24 heavy (non-hydrogen) atoms. The highest BCUT2D eigenvalue weighted by Gasteiger charge is 2.12. The van der Waals surface area contributed by atoms with Gasteiger partial charge in [-0.2, -0.15) is 0 Å². The number of nitrogens with zero attached hydrogens (tertiary/aromatic N) is 3. The first-order valence-electron chi connectivity index (χ1n) is 7.61. The number of carbonyl (C=O) groups excluding carboxylic acids is 1. The molecule has 2 aromatic heterocycles. The summed E-state index contributed by atoms with van der Waals surface area (Å²) >= 11 is 1.42. The van der Waals surface area contributed by atoms with Crippen LogP contribution in [0.2, 0.25) is 0 Å². The van der Waals surface area contributed by atoms with Crippen molar-refractivity contribution in [2.24, 2.45) is 0 Å². The minimum absolute atomic E-state index is 0.0606. The van der Waals surface area contributed by atoms with Gasteiger partial charge >= 0.3 is 0 Å². The van der Waals surface area contributed by atoms with E-state index >= 15 is 0 Å². The number of halogens is 1. The number of amides is 1. The fraction of sp³-hybridized carbons (Fsp3) is 0.235. The first-order valence-corrected chi connectivity index (χ1v) is 8.42. The molecule has 0 aliphatic heterocycles. The number of carbonyl (C=O) groups is 1. The average Bonchev–Trinajstić information content (AvgIpc) is 3.18. The molecule has 0 saturated carbocycles. The molecular weight excluding hydrogens is 327 g/mol. The molecule has 0 radical (unpaired) electrons. The fourth-order valence-corrected chi connectivity index (χ4v) is 3.20. The van der Waals surface area contributed by atoms with Gasteiger partial charge in [0.15, 0.2) is 5.13 Å². The van der Waals surface area contributed by atoms with Crippen LogP contribution in [0.5, 0.6) is 0 Å². The highest BCUT2D eigenvalue weighted by molar-refractivity contribution is 7.16. The standard InChI is InChI=1S/C17H17FN4OS/c1-12-16(13-4-6-14(18)7-5-13)21-17(24-12)20-15(23)3-2-9-22-10-8-19-11-22/h4-8,10-11H,2-3,9H2,1H3,(H,20,21,23). The van der Waals surface area contributed by atoms with Crippen LogP contribution in [0.1, 0.15) is 17.7 Å². The third-order valence-electron chi connectivity index (χ3n) is 3.54. The molecule has 0 unspecified atom stereocenters. The summed E-state index contributed by atoms with van der Waals surface area (Å²) < 4.78 is 15.0. The van der Waals surface area contributed by atoms with Crippen LogP contribution in [0.4, 0.5) is 9.52 Å². The molecule has 0 fully saturated rings. The molecule has 0 aliphatic rings. The smallest absolute Gasteiger partial charge is 0.226 e. The van der Waals surface area contributed by atoms with E-state index in [0.29, 0.717) is 11.6 Å². The Hall–Kier alpha value is -2.54. The summed E-state index contributed by atoms with van der Waals surface area (Å²) in [5.74, 6) is -0.340. The Labute approximate surface area is 143 Å². The Balaban J connectivity index is 1.58. The van der Waals surface area contributed by atoms with Crippen LogP contribution in [-0.2, 0) is 11.3 Å². The Morgan fingerprint density at radius 3 is 2.83 bits per heavy atom. The number of anilines is 1. The third kappa shape index (κ3) is 4.05. The zero-order valence-corrected chi connectivity index (χ0v) is 14.0. The molecule has 0 aliphatic carbocycles. The van der Waals surface area contributed by atoms with Gasteiger partial charge in [-0.1, -0.05) is 0 Å². The van der Waals surface area contributed by atoms with E-state index in [9.17, 15) is 9.18 Å². The number of aryl methyl sites for hydroxylation is 2. The van der Waals surface area contributed by atoms with Gasteiger partial charge in [0, 0.05) is 35.8 Å². The maximum absolute atomic E-state index is 13.0. The van der Waals surface area contributed by atoms with E-state index in [-0.39, 0.29) is 11.7 Å². The Morgan fingerprint density at radius 2 is 2.12 bits per heavy atom. The maximum atomic E-state index is 13.0. The lowest BCUT2D eigenvalue weighted by Gasteiger charge is -2.02. The number of thiazole rings is 1. The van der Waals surface area contributed by atoms with E-state index in [2.05, 4.69) is 15.3 Å². The second-order valence-corrected chi connectivity index (χ2v) is 6.59. The van der Waals surface area contributed by atoms with Gasteiger partial charge in [-0.05, 0) is 37.6 Å². The minimum atomic E-state index is -0.280. The Bertz CT molecular complexity index is 812. The molecule has 7 heteroatoms. The van der Waals surface area contributed by atoms with Crippen molar-refractivity contribution in [3.8, 4) is 11.3 Å². The molecule has 1 aromatic carbocycles. The van der Waals surface area contributed by atoms with E-state index in [1.807, 2.05) is 17.7 Å². The van der Waals surface area contributed by atoms with Crippen LogP contribution >= 0.6 is 11.3 Å². The minimum Gasteiger partial charge on any atom is -0.337 e. The number of aromatic nitrogens is 3. The van der Waals surface area contributed by atoms with Gasteiger partial charge in [-0.3, -0.25) is 4.79 Å².